The number of nitrogens with zero attached hydrogens (tertiary/aromatic N) is 7. The summed E-state index contributed by atoms with van der Waals surface area (Å²) < 4.78 is 21.5. The van der Waals surface area contributed by atoms with E-state index in [-0.39, 0.29) is 0 Å². The van der Waals surface area contributed by atoms with Gasteiger partial charge in [-0.05, 0) is 132 Å². The average Bonchev–Trinajstić information content (AvgIpc) is 1.63. The van der Waals surface area contributed by atoms with Gasteiger partial charge >= 0.3 is 124 Å². The fourth-order valence-electron chi connectivity index (χ4n) is 11.4. The number of rotatable bonds is 0. The summed E-state index contributed by atoms with van der Waals surface area (Å²) in [4.78, 5) is 24.1. The van der Waals surface area contributed by atoms with Gasteiger partial charge < -0.3 is 18.0 Å². The molecule has 0 bridgehead atoms. The Bertz CT molecular complexity index is 5200. The Morgan fingerprint density at radius 2 is 0.817 bits per heavy atom. The largest absolute Gasteiger partial charge is 0.464 e. The number of aliphatic imine (C=N–C) groups is 1. The number of oxazole rings is 1. The Morgan fingerprint density at radius 1 is 0.359 bits per heavy atom. The molecule has 0 saturated heterocycles. The molecule has 10 heterocycles. The van der Waals surface area contributed by atoms with Crippen molar-refractivity contribution in [3.8, 4) is 0 Å². The quantitative estimate of drug-likeness (QED) is 0.140. The number of aryl methyl sites for hydroxylation is 6. The molecule has 0 atom stereocenters. The van der Waals surface area contributed by atoms with Crippen molar-refractivity contribution in [3.05, 3.63) is 322 Å². The molecular weight excluding hydrogens is 1800 g/mol. The van der Waals surface area contributed by atoms with Gasteiger partial charge in [0.05, 0.1) is 38.2 Å². The number of fused-ring (bicyclic) bond motifs is 10. The molecule has 15 heteroatoms. The van der Waals surface area contributed by atoms with Gasteiger partial charge in [0.15, 0.2) is 11.5 Å². The molecule has 2 aliphatic heterocycles. The van der Waals surface area contributed by atoms with Gasteiger partial charge in [-0.25, -0.2) is 15.0 Å². The summed E-state index contributed by atoms with van der Waals surface area (Å²) in [6, 6.07) is 91.3. The maximum Gasteiger partial charge on any atom is 0.133 e. The van der Waals surface area contributed by atoms with E-state index in [1.165, 1.54) is 77.0 Å². The van der Waals surface area contributed by atoms with E-state index in [4.69, 9.17) is 8.83 Å². The SMILES string of the molecule is CC.CC.CC.CC.CC.CC.CC.CC.CC.CC.CC.CC.CC.CC.CC.CC1=Nc2ccccc2[Si]1(C)C.C[Si]1(C)C=Cc2ccccc21.Cc1nc2ccccc2[se]1.Cc1nc2ccccc2n1C.Cc1nc2ccccc2o1.Cc1nc2ccccc2s1.Cn1ccc2ccccc21.c1ccc2[se]ccc2c1.c1ccc2occc2c1.c1ccc2sccc2c1. The summed E-state index contributed by atoms with van der Waals surface area (Å²) in [5.74, 6) is 1.78. The van der Waals surface area contributed by atoms with E-state index in [2.05, 4.69) is 279 Å². The molecule has 716 valence electrons. The van der Waals surface area contributed by atoms with E-state index in [0.717, 1.165) is 49.8 Å². The topological polar surface area (TPSA) is 100 Å². The van der Waals surface area contributed by atoms with E-state index < -0.39 is 16.1 Å². The number of thiophene rings is 1. The molecule has 0 radical (unpaired) electrons. The average molecular weight is 1980 g/mol. The molecule has 18 aromatic rings. The van der Waals surface area contributed by atoms with Crippen molar-refractivity contribution in [1.82, 2.24) is 29.1 Å². The Labute approximate surface area is 820 Å². The van der Waals surface area contributed by atoms with Crippen LogP contribution in [0.1, 0.15) is 241 Å². The van der Waals surface area contributed by atoms with Crippen molar-refractivity contribution in [3.63, 3.8) is 0 Å². The zero-order chi connectivity index (χ0) is 101. The molecule has 20 rings (SSSR count). The van der Waals surface area contributed by atoms with Gasteiger partial charge in [0, 0.05) is 48.2 Å². The molecule has 2 aliphatic rings. The van der Waals surface area contributed by atoms with Crippen molar-refractivity contribution >= 4 is 179 Å². The smallest absolute Gasteiger partial charge is 0.133 e. The molecule has 0 aliphatic carbocycles. The maximum atomic E-state index is 5.26. The first-order chi connectivity index (χ1) is 64.0. The predicted molar refractivity (Wildman–Crippen MR) is 613 cm³/mol. The number of thiazole rings is 1. The number of imidazole rings is 1. The van der Waals surface area contributed by atoms with Crippen molar-refractivity contribution in [2.24, 2.45) is 19.1 Å². The standard InChI is InChI=1S/C10H13NSi.C10H12Si.C9H10N2.C9H9N.C8H7NO.C8H7NS.C8H7NSe.C8H6O.C8H6S.C8H6Se.15C2H6/c1-8-11-9-6-4-5-7-10(9)12(8,2)3;1-11(2)8-7-9-5-3-4-6-10(9)11;1-7-10-8-5-3-4-6-9(8)11(7)2;1-10-7-6-8-4-2-3-5-9(8)10;3*1-6-9-7-4-2-3-5-8(7)10-6;3*1-2-4-8-7(3-1)5-6-9-8;15*1-2/h4-7H,1-3H3;3-8H,1-2H3;3-6H,1-2H3;2-7H,1H3;3*2-5H,1H3;3*1-6H;15*1-2H3. The van der Waals surface area contributed by atoms with Crippen LogP contribution in [0, 0.1) is 27.7 Å². The van der Waals surface area contributed by atoms with E-state index in [1.807, 2.05) is 333 Å². The number of benzene rings is 10. The van der Waals surface area contributed by atoms with Crippen molar-refractivity contribution in [2.45, 2.75) is 269 Å². The van der Waals surface area contributed by atoms with Crippen LogP contribution in [-0.2, 0) is 14.1 Å². The van der Waals surface area contributed by atoms with Crippen molar-refractivity contribution in [1.29, 1.82) is 0 Å². The van der Waals surface area contributed by atoms with Gasteiger partial charge in [-0.2, -0.15) is 0 Å². The summed E-state index contributed by atoms with van der Waals surface area (Å²) >= 11 is 4.66. The van der Waals surface area contributed by atoms with E-state index >= 15 is 0 Å². The first kappa shape index (κ1) is 130. The van der Waals surface area contributed by atoms with Gasteiger partial charge in [-0.3, -0.25) is 4.99 Å². The Morgan fingerprint density at radius 3 is 1.34 bits per heavy atom. The summed E-state index contributed by atoms with van der Waals surface area (Å²) in [5, 5.41) is 12.9. The molecule has 8 aromatic heterocycles. The third kappa shape index (κ3) is 46.0. The number of hydrogen-bond donors (Lipinski definition) is 0. The monoisotopic (exact) mass is 1980 g/mol. The number of furan rings is 1. The Balaban J connectivity index is -0.000000435. The van der Waals surface area contributed by atoms with Crippen LogP contribution in [0.4, 0.5) is 5.69 Å². The molecule has 0 saturated carbocycles. The van der Waals surface area contributed by atoms with Crippen LogP contribution < -0.4 is 10.4 Å². The molecule has 9 nitrogen and oxygen atoms in total. The van der Waals surface area contributed by atoms with Crippen LogP contribution in [0.25, 0.3) is 89.8 Å². The van der Waals surface area contributed by atoms with Crippen LogP contribution in [0.3, 0.4) is 0 Å². The second-order valence-corrected chi connectivity index (χ2v) is 40.7. The van der Waals surface area contributed by atoms with Crippen LogP contribution in [-0.4, -0.2) is 79.6 Å². The Kier molecular flexibility index (Phi) is 81.6. The van der Waals surface area contributed by atoms with Gasteiger partial charge in [0.25, 0.3) is 0 Å². The van der Waals surface area contributed by atoms with Gasteiger partial charge in [-0.1, -0.05) is 379 Å². The molecule has 131 heavy (non-hydrogen) atoms. The Hall–Kier alpha value is -9.64. The fraction of sp³-hybridized carbons (Fsp3) is 0.353. The minimum Gasteiger partial charge on any atom is -0.464 e. The molecule has 10 aromatic carbocycles. The van der Waals surface area contributed by atoms with Gasteiger partial charge in [-0.15, -0.1) is 22.7 Å². The zero-order valence-electron chi connectivity index (χ0n) is 88.9. The summed E-state index contributed by atoms with van der Waals surface area (Å²) in [5.41, 5.74) is 13.6. The number of para-hydroxylation sites is 9. The summed E-state index contributed by atoms with van der Waals surface area (Å²) in [7, 11) is 1.63. The molecule has 0 spiro atoms. The minimum atomic E-state index is -1.31. The second kappa shape index (κ2) is 82.3. The number of hydrogen-bond acceptors (Lipinski definition) is 9. The van der Waals surface area contributed by atoms with Crippen molar-refractivity contribution < 1.29 is 8.83 Å². The third-order valence-corrected chi connectivity index (χ3v) is 29.5. The first-order valence-electron chi connectivity index (χ1n) is 48.5. The van der Waals surface area contributed by atoms with Crippen molar-refractivity contribution in [2.75, 3.05) is 0 Å². The predicted octanol–water partition coefficient (Wildman–Crippen LogP) is 37.4. The normalized spacial score (nSPS) is 10.2. The molecule has 0 fully saturated rings. The van der Waals surface area contributed by atoms with Crippen LogP contribution in [0.2, 0.25) is 26.2 Å². The summed E-state index contributed by atoms with van der Waals surface area (Å²) in [6.07, 6.45) is 6.04. The zero-order valence-corrected chi connectivity index (χ0v) is 96.0. The first-order valence-corrected chi connectivity index (χ1v) is 59.9. The van der Waals surface area contributed by atoms with E-state index in [0.29, 0.717) is 29.0 Å². The molecule has 0 N–H and O–H groups in total. The van der Waals surface area contributed by atoms with Gasteiger partial charge in [0.1, 0.15) is 33.1 Å². The van der Waals surface area contributed by atoms with Gasteiger partial charge in [0.2, 0.25) is 0 Å². The molecule has 0 amide bonds. The van der Waals surface area contributed by atoms with E-state index in [1.54, 1.807) is 34.1 Å². The van der Waals surface area contributed by atoms with Crippen LogP contribution >= 0.6 is 22.7 Å². The van der Waals surface area contributed by atoms with Crippen LogP contribution in [0.5, 0.6) is 0 Å². The second-order valence-electron chi connectivity index (χ2n) is 25.2. The van der Waals surface area contributed by atoms with E-state index in [9.17, 15) is 0 Å². The summed E-state index contributed by atoms with van der Waals surface area (Å²) in [6.45, 7) is 79.6. The molecular formula is C116H173N7O2S2Se2Si2. The third-order valence-electron chi connectivity index (χ3n) is 17.2. The molecule has 0 unspecified atom stereocenters. The van der Waals surface area contributed by atoms with Crippen LogP contribution in [0.15, 0.2) is 309 Å². The maximum absolute atomic E-state index is 5.26. The number of aromatic nitrogens is 6. The minimum absolute atomic E-state index is 0.511. The fourth-order valence-corrected chi connectivity index (χ4v) is 20.7.